The van der Waals surface area contributed by atoms with Crippen LogP contribution in [-0.2, 0) is 24.1 Å². The van der Waals surface area contributed by atoms with Gasteiger partial charge in [0, 0.05) is 14.1 Å². The number of aryl methyl sites for hydroxylation is 3. The van der Waals surface area contributed by atoms with Gasteiger partial charge in [0.1, 0.15) is 0 Å². The lowest BCUT2D eigenvalue weighted by molar-refractivity contribution is 0.601. The van der Waals surface area contributed by atoms with Crippen LogP contribution in [0.1, 0.15) is 11.1 Å². The van der Waals surface area contributed by atoms with E-state index >= 15 is 0 Å². The maximum absolute atomic E-state index is 12.7. The molecule has 7 heteroatoms. The van der Waals surface area contributed by atoms with Crippen LogP contribution in [-0.4, -0.2) is 17.6 Å². The van der Waals surface area contributed by atoms with Gasteiger partial charge in [0.25, 0.3) is 10.0 Å². The van der Waals surface area contributed by atoms with Crippen LogP contribution in [0.25, 0.3) is 11.0 Å². The lowest BCUT2D eigenvalue weighted by Crippen LogP contribution is -2.19. The Labute approximate surface area is 140 Å². The first-order valence-corrected chi connectivity index (χ1v) is 8.95. The number of fused-ring (bicyclic) bond motifs is 1. The van der Waals surface area contributed by atoms with Gasteiger partial charge < -0.3 is 0 Å². The predicted octanol–water partition coefficient (Wildman–Crippen LogP) is 2.29. The zero-order chi connectivity index (χ0) is 17.6. The van der Waals surface area contributed by atoms with Crippen molar-refractivity contribution in [2.45, 2.75) is 18.7 Å². The van der Waals surface area contributed by atoms with E-state index in [1.807, 2.05) is 26.0 Å². The van der Waals surface area contributed by atoms with E-state index in [1.54, 1.807) is 26.2 Å². The maximum atomic E-state index is 12.7. The Morgan fingerprint density at radius 2 is 1.62 bits per heavy atom. The lowest BCUT2D eigenvalue weighted by Gasteiger charge is -2.12. The zero-order valence-electron chi connectivity index (χ0n) is 14.0. The molecule has 0 amide bonds. The summed E-state index contributed by atoms with van der Waals surface area (Å²) in [5.41, 5.74) is 3.52. The molecule has 3 aromatic rings. The van der Waals surface area contributed by atoms with Crippen LogP contribution in [0.4, 0.5) is 5.69 Å². The van der Waals surface area contributed by atoms with E-state index in [0.717, 1.165) is 11.1 Å². The molecule has 6 nitrogen and oxygen atoms in total. The highest BCUT2D eigenvalue weighted by Gasteiger charge is 2.18. The molecule has 0 saturated heterocycles. The van der Waals surface area contributed by atoms with E-state index in [9.17, 15) is 13.2 Å². The number of hydrogen-bond acceptors (Lipinski definition) is 3. The summed E-state index contributed by atoms with van der Waals surface area (Å²) in [4.78, 5) is 12.1. The van der Waals surface area contributed by atoms with E-state index in [4.69, 9.17) is 0 Å². The molecule has 0 unspecified atom stereocenters. The fourth-order valence-corrected chi connectivity index (χ4v) is 3.86. The molecule has 0 aliphatic carbocycles. The molecule has 24 heavy (non-hydrogen) atoms. The Kier molecular flexibility index (Phi) is 3.76. The number of sulfonamides is 1. The average molecular weight is 345 g/mol. The third kappa shape index (κ3) is 2.50. The van der Waals surface area contributed by atoms with E-state index < -0.39 is 10.0 Å². The molecule has 0 atom stereocenters. The van der Waals surface area contributed by atoms with Gasteiger partial charge in [0.2, 0.25) is 0 Å². The van der Waals surface area contributed by atoms with Gasteiger partial charge in [0.05, 0.1) is 21.6 Å². The number of rotatable bonds is 3. The van der Waals surface area contributed by atoms with Gasteiger partial charge in [-0.15, -0.1) is 0 Å². The highest BCUT2D eigenvalue weighted by molar-refractivity contribution is 7.92. The number of nitrogens with zero attached hydrogens (tertiary/aromatic N) is 2. The second-order valence-corrected chi connectivity index (χ2v) is 7.59. The molecule has 0 radical (unpaired) electrons. The number of anilines is 1. The molecular weight excluding hydrogens is 326 g/mol. The Morgan fingerprint density at radius 3 is 2.33 bits per heavy atom. The average Bonchev–Trinajstić information content (AvgIpc) is 2.76. The van der Waals surface area contributed by atoms with Gasteiger partial charge in [-0.25, -0.2) is 13.2 Å². The van der Waals surface area contributed by atoms with Gasteiger partial charge in [-0.3, -0.25) is 13.9 Å². The monoisotopic (exact) mass is 345 g/mol. The highest BCUT2D eigenvalue weighted by atomic mass is 32.2. The Hall–Kier alpha value is -2.54. The van der Waals surface area contributed by atoms with Crippen molar-refractivity contribution in [3.05, 3.63) is 58.0 Å². The summed E-state index contributed by atoms with van der Waals surface area (Å²) >= 11 is 0. The molecule has 0 fully saturated rings. The van der Waals surface area contributed by atoms with Crippen molar-refractivity contribution < 1.29 is 8.42 Å². The molecule has 1 N–H and O–H groups in total. The van der Waals surface area contributed by atoms with Crippen molar-refractivity contribution in [2.24, 2.45) is 14.1 Å². The number of nitrogens with one attached hydrogen (secondary N) is 1. The topological polar surface area (TPSA) is 73.1 Å². The molecule has 3 rings (SSSR count). The summed E-state index contributed by atoms with van der Waals surface area (Å²) in [7, 11) is -0.455. The van der Waals surface area contributed by atoms with Gasteiger partial charge in [0.15, 0.2) is 0 Å². The first-order chi connectivity index (χ1) is 11.2. The van der Waals surface area contributed by atoms with Gasteiger partial charge in [-0.1, -0.05) is 12.1 Å². The molecular formula is C17H19N3O3S. The van der Waals surface area contributed by atoms with E-state index in [0.29, 0.717) is 16.7 Å². The fraction of sp³-hybridized carbons (Fsp3) is 0.235. The van der Waals surface area contributed by atoms with Gasteiger partial charge in [-0.05, 0) is 49.2 Å². The summed E-state index contributed by atoms with van der Waals surface area (Å²) in [6.07, 6.45) is 0. The van der Waals surface area contributed by atoms with Crippen LogP contribution in [0.3, 0.4) is 0 Å². The van der Waals surface area contributed by atoms with Crippen LogP contribution in [0.5, 0.6) is 0 Å². The van der Waals surface area contributed by atoms with Gasteiger partial charge in [-0.2, -0.15) is 0 Å². The first-order valence-electron chi connectivity index (χ1n) is 7.47. The SMILES string of the molecule is Cc1cccc(NS(=O)(=O)c2ccc3c(c2)n(C)c(=O)n3C)c1C. The van der Waals surface area contributed by atoms with Crippen molar-refractivity contribution in [3.63, 3.8) is 0 Å². The smallest absolute Gasteiger partial charge is 0.295 e. The number of aromatic nitrogens is 2. The van der Waals surface area contributed by atoms with Crippen molar-refractivity contribution in [3.8, 4) is 0 Å². The third-order valence-corrected chi connectivity index (χ3v) is 5.77. The Morgan fingerprint density at radius 1 is 0.958 bits per heavy atom. The van der Waals surface area contributed by atoms with Crippen molar-refractivity contribution in [1.29, 1.82) is 0 Å². The minimum absolute atomic E-state index is 0.122. The van der Waals surface area contributed by atoms with Crippen LogP contribution < -0.4 is 10.4 Å². The van der Waals surface area contributed by atoms with Gasteiger partial charge >= 0.3 is 5.69 Å². The Bertz CT molecular complexity index is 1110. The van der Waals surface area contributed by atoms with E-state index in [2.05, 4.69) is 4.72 Å². The molecule has 0 aliphatic rings. The largest absolute Gasteiger partial charge is 0.328 e. The minimum atomic E-state index is -3.74. The molecule has 0 aliphatic heterocycles. The molecule has 2 aromatic carbocycles. The molecule has 0 bridgehead atoms. The molecule has 1 heterocycles. The van der Waals surface area contributed by atoms with Crippen molar-refractivity contribution in [1.82, 2.24) is 9.13 Å². The highest BCUT2D eigenvalue weighted by Crippen LogP contribution is 2.23. The first kappa shape index (κ1) is 16.3. The van der Waals surface area contributed by atoms with Crippen molar-refractivity contribution in [2.75, 3.05) is 4.72 Å². The fourth-order valence-electron chi connectivity index (χ4n) is 2.72. The summed E-state index contributed by atoms with van der Waals surface area (Å²) in [6, 6.07) is 10.1. The maximum Gasteiger partial charge on any atom is 0.328 e. The third-order valence-electron chi connectivity index (χ3n) is 4.40. The second kappa shape index (κ2) is 5.52. The number of benzene rings is 2. The van der Waals surface area contributed by atoms with Crippen molar-refractivity contribution >= 4 is 26.7 Å². The predicted molar refractivity (Wildman–Crippen MR) is 94.9 cm³/mol. The summed E-state index contributed by atoms with van der Waals surface area (Å²) < 4.78 is 31.0. The number of imidazole rings is 1. The molecule has 0 saturated carbocycles. The van der Waals surface area contributed by atoms with E-state index in [1.165, 1.54) is 21.3 Å². The van der Waals surface area contributed by atoms with E-state index in [-0.39, 0.29) is 10.6 Å². The number of hydrogen-bond donors (Lipinski definition) is 1. The summed E-state index contributed by atoms with van der Waals surface area (Å²) in [6.45, 7) is 3.80. The second-order valence-electron chi connectivity index (χ2n) is 5.90. The summed E-state index contributed by atoms with van der Waals surface area (Å²) in [5.74, 6) is 0. The van der Waals surface area contributed by atoms with Crippen LogP contribution in [0, 0.1) is 13.8 Å². The standard InChI is InChI=1S/C17H19N3O3S/c1-11-6-5-7-14(12(11)2)18-24(22,23)13-8-9-15-16(10-13)20(4)17(21)19(15)3/h5-10,18H,1-4H3. The lowest BCUT2D eigenvalue weighted by atomic mass is 10.1. The minimum Gasteiger partial charge on any atom is -0.295 e. The zero-order valence-corrected chi connectivity index (χ0v) is 14.8. The Balaban J connectivity index is 2.10. The van der Waals surface area contributed by atoms with Crippen LogP contribution >= 0.6 is 0 Å². The van der Waals surface area contributed by atoms with Crippen LogP contribution in [0.15, 0.2) is 46.1 Å². The summed E-state index contributed by atoms with van der Waals surface area (Å²) in [5, 5.41) is 0. The quantitative estimate of drug-likeness (QED) is 0.791. The molecule has 1 aromatic heterocycles. The van der Waals surface area contributed by atoms with Crippen LogP contribution in [0.2, 0.25) is 0 Å². The normalized spacial score (nSPS) is 11.8. The molecule has 126 valence electrons. The molecule has 0 spiro atoms.